The van der Waals surface area contributed by atoms with E-state index in [1.165, 1.54) is 17.7 Å². The molecule has 1 amide bonds. The fraction of sp³-hybridized carbons (Fsp3) is 0.923. The second-order valence-corrected chi connectivity index (χ2v) is 3.55. The maximum Gasteiger partial charge on any atom is 0.209 e. The van der Waals surface area contributed by atoms with Crippen molar-refractivity contribution in [2.45, 2.75) is 53.8 Å². The highest BCUT2D eigenvalue weighted by Gasteiger charge is 1.94. The van der Waals surface area contributed by atoms with Gasteiger partial charge in [0.25, 0.3) is 0 Å². The van der Waals surface area contributed by atoms with Crippen LogP contribution in [0.1, 0.15) is 47.5 Å². The summed E-state index contributed by atoms with van der Waals surface area (Å²) < 4.78 is 10.1. The largest absolute Gasteiger partial charge is 0.353 e. The van der Waals surface area contributed by atoms with Crippen molar-refractivity contribution in [3.63, 3.8) is 0 Å². The van der Waals surface area contributed by atoms with Gasteiger partial charge in [0.15, 0.2) is 6.29 Å². The van der Waals surface area contributed by atoms with Gasteiger partial charge in [0, 0.05) is 27.3 Å². The van der Waals surface area contributed by atoms with E-state index in [9.17, 15) is 4.79 Å². The number of hydrogen-bond acceptors (Lipinski definition) is 3. The second kappa shape index (κ2) is 20.8. The summed E-state index contributed by atoms with van der Waals surface area (Å²) >= 11 is 0. The van der Waals surface area contributed by atoms with Crippen LogP contribution >= 0.6 is 0 Å². The van der Waals surface area contributed by atoms with E-state index in [1.54, 1.807) is 14.1 Å². The van der Waals surface area contributed by atoms with E-state index >= 15 is 0 Å². The highest BCUT2D eigenvalue weighted by atomic mass is 16.7. The van der Waals surface area contributed by atoms with Crippen molar-refractivity contribution in [3.05, 3.63) is 0 Å². The molecule has 0 radical (unpaired) electrons. The minimum absolute atomic E-state index is 0.0370. The van der Waals surface area contributed by atoms with Crippen LogP contribution in [0.4, 0.5) is 0 Å². The summed E-state index contributed by atoms with van der Waals surface area (Å²) in [7, 11) is 3.38. The molecule has 0 aromatic rings. The number of nitrogens with zero attached hydrogens (tertiary/aromatic N) is 1. The van der Waals surface area contributed by atoms with Crippen molar-refractivity contribution < 1.29 is 14.3 Å². The highest BCUT2D eigenvalue weighted by Crippen LogP contribution is 1.90. The lowest BCUT2D eigenvalue weighted by Gasteiger charge is -2.09. The smallest absolute Gasteiger partial charge is 0.209 e. The first kappa shape index (κ1) is 21.7. The summed E-state index contributed by atoms with van der Waals surface area (Å²) in [6, 6.07) is 0. The molecule has 0 saturated carbocycles. The second-order valence-electron chi connectivity index (χ2n) is 3.55. The van der Waals surface area contributed by atoms with Gasteiger partial charge in [0.1, 0.15) is 0 Å². The average Bonchev–Trinajstić information content (AvgIpc) is 2.31. The molecule has 0 unspecified atom stereocenters. The van der Waals surface area contributed by atoms with Crippen molar-refractivity contribution in [1.82, 2.24) is 4.90 Å². The topological polar surface area (TPSA) is 38.8 Å². The van der Waals surface area contributed by atoms with Gasteiger partial charge in [-0.15, -0.1) is 0 Å². The van der Waals surface area contributed by atoms with Gasteiger partial charge in [-0.1, -0.05) is 26.7 Å². The lowest BCUT2D eigenvalue weighted by Crippen LogP contribution is -2.11. The number of carbonyl (C=O) groups excluding carboxylic acids is 1. The Hall–Kier alpha value is -0.610. The van der Waals surface area contributed by atoms with Crippen LogP contribution < -0.4 is 0 Å². The number of amides is 1. The van der Waals surface area contributed by atoms with Crippen molar-refractivity contribution >= 4 is 6.41 Å². The maximum absolute atomic E-state index is 9.43. The van der Waals surface area contributed by atoms with Gasteiger partial charge in [0.05, 0.1) is 0 Å². The van der Waals surface area contributed by atoms with Gasteiger partial charge in [-0.25, -0.2) is 0 Å². The van der Waals surface area contributed by atoms with Gasteiger partial charge in [0.2, 0.25) is 6.41 Å². The molecular weight excluding hydrogens is 218 g/mol. The summed E-state index contributed by atoms with van der Waals surface area (Å²) in [5.74, 6) is 0. The normalized spacial score (nSPS) is 8.71. The van der Waals surface area contributed by atoms with Crippen LogP contribution in [-0.4, -0.2) is 44.9 Å². The third-order valence-corrected chi connectivity index (χ3v) is 1.51. The molecule has 0 aromatic heterocycles. The third-order valence-electron chi connectivity index (χ3n) is 1.51. The molecule has 4 nitrogen and oxygen atoms in total. The summed E-state index contributed by atoms with van der Waals surface area (Å²) in [6.45, 7) is 11.6. The minimum atomic E-state index is -0.0370. The fourth-order valence-electron chi connectivity index (χ4n) is 0.518. The molecule has 0 aliphatic carbocycles. The van der Waals surface area contributed by atoms with Crippen LogP contribution in [-0.2, 0) is 14.3 Å². The van der Waals surface area contributed by atoms with Crippen LogP contribution in [0.25, 0.3) is 0 Å². The zero-order chi connectivity index (χ0) is 14.1. The maximum atomic E-state index is 9.43. The van der Waals surface area contributed by atoms with E-state index in [0.717, 1.165) is 19.6 Å². The molecule has 0 N–H and O–H groups in total. The SMILES string of the molecule is CCCC.CCOC(C)OCC.CN(C)C=O. The molecular formula is C13H31NO3. The number of carbonyl (C=O) groups is 1. The molecule has 4 heteroatoms. The van der Waals surface area contributed by atoms with Crippen molar-refractivity contribution in [2.24, 2.45) is 0 Å². The van der Waals surface area contributed by atoms with E-state index in [1.807, 2.05) is 20.8 Å². The van der Waals surface area contributed by atoms with E-state index in [0.29, 0.717) is 0 Å². The van der Waals surface area contributed by atoms with Crippen LogP contribution in [0.5, 0.6) is 0 Å². The molecule has 0 saturated heterocycles. The quantitative estimate of drug-likeness (QED) is 0.536. The summed E-state index contributed by atoms with van der Waals surface area (Å²) in [5.41, 5.74) is 0. The predicted molar refractivity (Wildman–Crippen MR) is 73.0 cm³/mol. The summed E-state index contributed by atoms with van der Waals surface area (Å²) in [6.07, 6.45) is 3.35. The molecule has 0 bridgehead atoms. The molecule has 0 aromatic carbocycles. The van der Waals surface area contributed by atoms with Crippen molar-refractivity contribution in [2.75, 3.05) is 27.3 Å². The molecule has 0 heterocycles. The van der Waals surface area contributed by atoms with E-state index in [-0.39, 0.29) is 6.29 Å². The van der Waals surface area contributed by atoms with Gasteiger partial charge in [-0.05, 0) is 20.8 Å². The summed E-state index contributed by atoms with van der Waals surface area (Å²) in [5, 5.41) is 0. The van der Waals surface area contributed by atoms with E-state index in [4.69, 9.17) is 9.47 Å². The number of hydrogen-bond donors (Lipinski definition) is 0. The monoisotopic (exact) mass is 249 g/mol. The van der Waals surface area contributed by atoms with Crippen LogP contribution in [0.2, 0.25) is 0 Å². The van der Waals surface area contributed by atoms with Gasteiger partial charge < -0.3 is 14.4 Å². The Balaban J connectivity index is -0.000000188. The average molecular weight is 249 g/mol. The van der Waals surface area contributed by atoms with Crippen molar-refractivity contribution in [3.8, 4) is 0 Å². The van der Waals surface area contributed by atoms with Gasteiger partial charge in [-0.3, -0.25) is 4.79 Å². The zero-order valence-electron chi connectivity index (χ0n) is 12.7. The van der Waals surface area contributed by atoms with Crippen molar-refractivity contribution in [1.29, 1.82) is 0 Å². The Morgan fingerprint density at radius 1 is 1.00 bits per heavy atom. The third kappa shape index (κ3) is 39.2. The molecule has 106 valence electrons. The number of unbranched alkanes of at least 4 members (excludes halogenated alkanes) is 1. The first-order valence-corrected chi connectivity index (χ1v) is 6.34. The molecule has 0 aliphatic rings. The Labute approximate surface area is 107 Å². The number of ether oxygens (including phenoxy) is 2. The Morgan fingerprint density at radius 2 is 1.29 bits per heavy atom. The first-order valence-electron chi connectivity index (χ1n) is 6.34. The number of rotatable bonds is 6. The first-order chi connectivity index (χ1) is 7.99. The van der Waals surface area contributed by atoms with Gasteiger partial charge >= 0.3 is 0 Å². The fourth-order valence-corrected chi connectivity index (χ4v) is 0.518. The van der Waals surface area contributed by atoms with Gasteiger partial charge in [-0.2, -0.15) is 0 Å². The van der Waals surface area contributed by atoms with E-state index in [2.05, 4.69) is 13.8 Å². The van der Waals surface area contributed by atoms with Crippen LogP contribution in [0.15, 0.2) is 0 Å². The lowest BCUT2D eigenvalue weighted by molar-refractivity contribution is -0.123. The molecule has 0 rings (SSSR count). The molecule has 0 fully saturated rings. The minimum Gasteiger partial charge on any atom is -0.353 e. The van der Waals surface area contributed by atoms with Crippen LogP contribution in [0, 0.1) is 0 Å². The molecule has 17 heavy (non-hydrogen) atoms. The van der Waals surface area contributed by atoms with Crippen LogP contribution in [0.3, 0.4) is 0 Å². The zero-order valence-corrected chi connectivity index (χ0v) is 12.7. The summed E-state index contributed by atoms with van der Waals surface area (Å²) in [4.78, 5) is 10.9. The Bertz CT molecular complexity index is 122. The Morgan fingerprint density at radius 3 is 1.41 bits per heavy atom. The Kier molecular flexibility index (Phi) is 26.4. The predicted octanol–water partition coefficient (Wildman–Crippen LogP) is 2.92. The van der Waals surface area contributed by atoms with E-state index < -0.39 is 0 Å². The lowest BCUT2D eigenvalue weighted by atomic mass is 10.4. The highest BCUT2D eigenvalue weighted by molar-refractivity contribution is 5.45. The standard InChI is InChI=1S/C6H14O2.C4H10.C3H7NO/c1-4-7-6(3)8-5-2;1-3-4-2;1-4(2)3-5/h6H,4-5H2,1-3H3;3-4H2,1-2H3;3H,1-2H3. The molecule has 0 aliphatic heterocycles. The molecule has 0 atom stereocenters. The molecule has 0 spiro atoms.